The molecule has 0 radical (unpaired) electrons. The lowest BCUT2D eigenvalue weighted by Crippen LogP contribution is -2.29. The van der Waals surface area contributed by atoms with Gasteiger partial charge < -0.3 is 10.1 Å². The molecule has 9 nitrogen and oxygen atoms in total. The molecule has 0 atom stereocenters. The molecule has 0 aromatic heterocycles. The molecule has 3 N–H and O–H groups in total. The SMILES string of the molecule is CCCCNc1cc(C(=O)N2N=C(C)CC2=O)cc(S(N)(=O)=O)c1Oc1ccccc1. The van der Waals surface area contributed by atoms with E-state index in [9.17, 15) is 18.0 Å². The Morgan fingerprint density at radius 3 is 2.55 bits per heavy atom. The summed E-state index contributed by atoms with van der Waals surface area (Å²) in [6.45, 7) is 4.16. The number of hydrogen-bond donors (Lipinski definition) is 2. The first-order chi connectivity index (χ1) is 14.7. The number of carbonyl (C=O) groups excluding carboxylic acids is 2. The molecule has 0 saturated carbocycles. The minimum Gasteiger partial charge on any atom is -0.454 e. The highest BCUT2D eigenvalue weighted by molar-refractivity contribution is 7.89. The maximum Gasteiger partial charge on any atom is 0.281 e. The standard InChI is InChI=1S/C21H24N4O5S/c1-3-4-10-23-17-12-15(21(27)25-19(26)11-14(2)24-25)13-18(31(22,28)29)20(17)30-16-8-6-5-7-9-16/h5-9,12-13,23H,3-4,10-11H2,1-2H3,(H2,22,28,29). The highest BCUT2D eigenvalue weighted by atomic mass is 32.2. The van der Waals surface area contributed by atoms with Crippen molar-refractivity contribution in [3.8, 4) is 11.5 Å². The van der Waals surface area contributed by atoms with Gasteiger partial charge in [0.15, 0.2) is 5.75 Å². The number of imide groups is 1. The van der Waals surface area contributed by atoms with Gasteiger partial charge in [-0.05, 0) is 37.6 Å². The zero-order chi connectivity index (χ0) is 22.6. The Balaban J connectivity index is 2.12. The van der Waals surface area contributed by atoms with E-state index in [0.717, 1.165) is 23.9 Å². The molecule has 0 fully saturated rings. The lowest BCUT2D eigenvalue weighted by Gasteiger charge is -2.18. The number of anilines is 1. The number of benzene rings is 2. The van der Waals surface area contributed by atoms with E-state index in [1.807, 2.05) is 6.92 Å². The molecular formula is C21H24N4O5S. The number of unbranched alkanes of at least 4 members (excludes halogenated alkanes) is 1. The van der Waals surface area contributed by atoms with E-state index >= 15 is 0 Å². The number of nitrogens with one attached hydrogen (secondary N) is 1. The summed E-state index contributed by atoms with van der Waals surface area (Å²) in [7, 11) is -4.27. The van der Waals surface area contributed by atoms with Gasteiger partial charge in [0.05, 0.1) is 12.1 Å². The molecule has 10 heteroatoms. The van der Waals surface area contributed by atoms with Gasteiger partial charge in [0.2, 0.25) is 10.0 Å². The quantitative estimate of drug-likeness (QED) is 0.475. The maximum atomic E-state index is 12.9. The number of sulfonamides is 1. The molecule has 0 bridgehead atoms. The first-order valence-corrected chi connectivity index (χ1v) is 11.3. The maximum absolute atomic E-state index is 12.9. The van der Waals surface area contributed by atoms with Crippen LogP contribution in [0, 0.1) is 0 Å². The third kappa shape index (κ3) is 5.28. The van der Waals surface area contributed by atoms with Gasteiger partial charge in [0.1, 0.15) is 10.6 Å². The van der Waals surface area contributed by atoms with Gasteiger partial charge in [-0.15, -0.1) is 0 Å². The molecule has 1 aliphatic rings. The van der Waals surface area contributed by atoms with Crippen LogP contribution in [0.25, 0.3) is 0 Å². The van der Waals surface area contributed by atoms with Crippen LogP contribution in [0.1, 0.15) is 43.5 Å². The fourth-order valence-corrected chi connectivity index (χ4v) is 3.72. The van der Waals surface area contributed by atoms with Crippen LogP contribution in [-0.4, -0.2) is 37.5 Å². The minimum absolute atomic E-state index is 0.0196. The van der Waals surface area contributed by atoms with Crippen LogP contribution in [0.5, 0.6) is 11.5 Å². The molecule has 2 aromatic carbocycles. The lowest BCUT2D eigenvalue weighted by molar-refractivity contribution is -0.126. The Morgan fingerprint density at radius 2 is 1.97 bits per heavy atom. The molecule has 2 amide bonds. The number of hydrogen-bond acceptors (Lipinski definition) is 7. The summed E-state index contributed by atoms with van der Waals surface area (Å²) >= 11 is 0. The zero-order valence-electron chi connectivity index (χ0n) is 17.3. The summed E-state index contributed by atoms with van der Waals surface area (Å²) in [6.07, 6.45) is 1.74. The summed E-state index contributed by atoms with van der Waals surface area (Å²) in [5, 5.41) is 13.3. The predicted molar refractivity (Wildman–Crippen MR) is 117 cm³/mol. The molecule has 0 aliphatic carbocycles. The summed E-state index contributed by atoms with van der Waals surface area (Å²) in [5.41, 5.74) is 0.727. The molecule has 3 rings (SSSR count). The van der Waals surface area contributed by atoms with Crippen molar-refractivity contribution in [3.63, 3.8) is 0 Å². The van der Waals surface area contributed by atoms with E-state index in [4.69, 9.17) is 9.88 Å². The summed E-state index contributed by atoms with van der Waals surface area (Å²) in [4.78, 5) is 24.7. The van der Waals surface area contributed by atoms with E-state index in [1.54, 1.807) is 37.3 Å². The molecule has 1 heterocycles. The van der Waals surface area contributed by atoms with Gasteiger partial charge >= 0.3 is 0 Å². The van der Waals surface area contributed by atoms with Crippen LogP contribution in [-0.2, 0) is 14.8 Å². The van der Waals surface area contributed by atoms with Crippen LogP contribution < -0.4 is 15.2 Å². The normalized spacial score (nSPS) is 13.8. The van der Waals surface area contributed by atoms with Crippen molar-refractivity contribution in [1.82, 2.24) is 5.01 Å². The molecule has 0 unspecified atom stereocenters. The van der Waals surface area contributed by atoms with E-state index < -0.39 is 21.8 Å². The van der Waals surface area contributed by atoms with E-state index in [2.05, 4.69) is 10.4 Å². The summed E-state index contributed by atoms with van der Waals surface area (Å²) in [6, 6.07) is 11.2. The molecule has 164 valence electrons. The number of rotatable bonds is 8. The van der Waals surface area contributed by atoms with Crippen LogP contribution in [0.4, 0.5) is 5.69 Å². The van der Waals surface area contributed by atoms with Gasteiger partial charge in [0.25, 0.3) is 11.8 Å². The van der Waals surface area contributed by atoms with Gasteiger partial charge in [0, 0.05) is 17.8 Å². The predicted octanol–water partition coefficient (Wildman–Crippen LogP) is 3.09. The van der Waals surface area contributed by atoms with Gasteiger partial charge in [-0.2, -0.15) is 10.1 Å². The topological polar surface area (TPSA) is 131 Å². The monoisotopic (exact) mass is 444 g/mol. The number of carbonyl (C=O) groups is 2. The lowest BCUT2D eigenvalue weighted by atomic mass is 10.1. The second kappa shape index (κ2) is 9.27. The third-order valence-corrected chi connectivity index (χ3v) is 5.44. The van der Waals surface area contributed by atoms with Crippen LogP contribution in [0.2, 0.25) is 0 Å². The Kier molecular flexibility index (Phi) is 6.71. The van der Waals surface area contributed by atoms with Crippen molar-refractivity contribution in [1.29, 1.82) is 0 Å². The smallest absolute Gasteiger partial charge is 0.281 e. The Hall–Kier alpha value is -3.24. The van der Waals surface area contributed by atoms with Crippen LogP contribution in [0.3, 0.4) is 0 Å². The average molecular weight is 445 g/mol. The zero-order valence-corrected chi connectivity index (χ0v) is 18.1. The van der Waals surface area contributed by atoms with Crippen molar-refractivity contribution in [3.05, 3.63) is 48.0 Å². The number of hydrazone groups is 1. The van der Waals surface area contributed by atoms with Crippen molar-refractivity contribution >= 4 is 33.2 Å². The van der Waals surface area contributed by atoms with Crippen molar-refractivity contribution in [2.45, 2.75) is 38.0 Å². The molecule has 2 aromatic rings. The molecule has 1 aliphatic heterocycles. The van der Waals surface area contributed by atoms with E-state index in [-0.39, 0.29) is 28.3 Å². The molecule has 31 heavy (non-hydrogen) atoms. The van der Waals surface area contributed by atoms with Crippen LogP contribution >= 0.6 is 0 Å². The Morgan fingerprint density at radius 1 is 1.26 bits per heavy atom. The average Bonchev–Trinajstić information content (AvgIpc) is 3.06. The van der Waals surface area contributed by atoms with Gasteiger partial charge in [-0.25, -0.2) is 13.6 Å². The first kappa shape index (κ1) is 22.4. The fourth-order valence-electron chi connectivity index (χ4n) is 3.02. The highest BCUT2D eigenvalue weighted by Crippen LogP contribution is 2.37. The number of nitrogens with two attached hydrogens (primary N) is 1. The molecule has 0 saturated heterocycles. The van der Waals surface area contributed by atoms with Gasteiger partial charge in [-0.1, -0.05) is 31.5 Å². The van der Waals surface area contributed by atoms with Crippen molar-refractivity contribution < 1.29 is 22.7 Å². The fraction of sp³-hybridized carbons (Fsp3) is 0.286. The largest absolute Gasteiger partial charge is 0.454 e. The number of nitrogens with zero attached hydrogens (tertiary/aromatic N) is 2. The van der Waals surface area contributed by atoms with Crippen molar-refractivity contribution in [2.24, 2.45) is 10.2 Å². The Bertz CT molecular complexity index is 1130. The number of ether oxygens (including phenoxy) is 1. The van der Waals surface area contributed by atoms with E-state index in [1.165, 1.54) is 6.07 Å². The van der Waals surface area contributed by atoms with E-state index in [0.29, 0.717) is 18.0 Å². The second-order valence-electron chi connectivity index (χ2n) is 7.11. The van der Waals surface area contributed by atoms with Crippen molar-refractivity contribution in [2.75, 3.05) is 11.9 Å². The summed E-state index contributed by atoms with van der Waals surface area (Å²) < 4.78 is 30.6. The second-order valence-corrected chi connectivity index (χ2v) is 8.64. The highest BCUT2D eigenvalue weighted by Gasteiger charge is 2.31. The Labute approximate surface area is 180 Å². The van der Waals surface area contributed by atoms with Crippen LogP contribution in [0.15, 0.2) is 52.5 Å². The first-order valence-electron chi connectivity index (χ1n) is 9.79. The minimum atomic E-state index is -4.27. The summed E-state index contributed by atoms with van der Waals surface area (Å²) in [5.74, 6) is -0.838. The van der Waals surface area contributed by atoms with Gasteiger partial charge in [-0.3, -0.25) is 9.59 Å². The molecular weight excluding hydrogens is 420 g/mol. The third-order valence-electron chi connectivity index (χ3n) is 4.52. The number of para-hydroxylation sites is 1. The number of primary sulfonamides is 1. The molecule has 0 spiro atoms. The number of amides is 2.